The first-order valence-electron chi connectivity index (χ1n) is 18.8. The third-order valence-electron chi connectivity index (χ3n) is 9.32. The Bertz CT molecular complexity index is 2640. The molecular weight excluding hydrogens is 886 g/mol. The van der Waals surface area contributed by atoms with E-state index in [0.717, 1.165) is 21.7 Å². The van der Waals surface area contributed by atoms with Gasteiger partial charge in [-0.2, -0.15) is 10.2 Å². The highest BCUT2D eigenvalue weighted by atomic mass is 35.5. The lowest BCUT2D eigenvalue weighted by Gasteiger charge is -2.29. The van der Waals surface area contributed by atoms with E-state index in [2.05, 4.69) is 30.8 Å². The number of hydrogen-bond acceptors (Lipinski definition) is 9. The fourth-order valence-corrected chi connectivity index (χ4v) is 8.62. The molecule has 2 atom stereocenters. The molecule has 62 heavy (non-hydrogen) atoms. The molecule has 0 fully saturated rings. The summed E-state index contributed by atoms with van der Waals surface area (Å²) in [5, 5.41) is 33.4. The van der Waals surface area contributed by atoms with Crippen LogP contribution < -0.4 is 10.6 Å². The lowest BCUT2D eigenvalue weighted by atomic mass is 9.84. The molecule has 20 heteroatoms. The van der Waals surface area contributed by atoms with E-state index in [-0.39, 0.29) is 38.5 Å². The van der Waals surface area contributed by atoms with Crippen LogP contribution in [-0.4, -0.2) is 72.4 Å². The van der Waals surface area contributed by atoms with Crippen LogP contribution >= 0.6 is 35.0 Å². The van der Waals surface area contributed by atoms with Crippen molar-refractivity contribution in [3.05, 3.63) is 131 Å². The van der Waals surface area contributed by atoms with Crippen LogP contribution in [0.15, 0.2) is 117 Å². The summed E-state index contributed by atoms with van der Waals surface area (Å²) in [6.07, 6.45) is 4.22. The van der Waals surface area contributed by atoms with Crippen molar-refractivity contribution in [3.8, 4) is 11.4 Å². The first-order valence-corrected chi connectivity index (χ1v) is 21.9. The maximum atomic E-state index is 14.0. The molecular formula is C42H44Cl2F2N8O6S2. The fourth-order valence-electron chi connectivity index (χ4n) is 5.94. The molecule has 2 amide bonds. The van der Waals surface area contributed by atoms with Gasteiger partial charge in [0.1, 0.15) is 16.7 Å². The van der Waals surface area contributed by atoms with Crippen LogP contribution in [0.25, 0.3) is 11.4 Å². The molecule has 4 aromatic heterocycles. The molecule has 2 aromatic carbocycles. The lowest BCUT2D eigenvalue weighted by Crippen LogP contribution is -2.44. The predicted octanol–water partition coefficient (Wildman–Crippen LogP) is 9.55. The first kappa shape index (κ1) is 47.5. The Morgan fingerprint density at radius 2 is 1.21 bits per heavy atom. The summed E-state index contributed by atoms with van der Waals surface area (Å²) < 4.78 is 57.2. The van der Waals surface area contributed by atoms with Crippen molar-refractivity contribution in [2.24, 2.45) is 10.8 Å². The number of nitrogens with zero attached hydrogens (tertiary/aromatic N) is 6. The molecule has 14 nitrogen and oxygen atoms in total. The van der Waals surface area contributed by atoms with E-state index in [1.807, 2.05) is 59.7 Å². The van der Waals surface area contributed by atoms with Gasteiger partial charge in [0.2, 0.25) is 9.84 Å². The number of rotatable bonds is 12. The smallest absolute Gasteiger partial charge is 0.404 e. The Morgan fingerprint density at radius 1 is 0.726 bits per heavy atom. The van der Waals surface area contributed by atoms with E-state index >= 15 is 0 Å². The van der Waals surface area contributed by atoms with E-state index < -0.39 is 45.1 Å². The SMILES string of the molecule is CC(C)(C)C(Cc1cc(S(=O)(=O)c2cccnc2)n(-c2cc(F)ccc2Cl)n1)NC(=O)O.CC(C)(C)C(Cc1cc(Sc2cccnc2)n(-c2cc(F)ccc2Cl)n1)NC(=O)O. The second-order valence-corrected chi connectivity index (χ2v) is 19.9. The predicted molar refractivity (Wildman–Crippen MR) is 231 cm³/mol. The van der Waals surface area contributed by atoms with E-state index in [9.17, 15) is 37.0 Å². The summed E-state index contributed by atoms with van der Waals surface area (Å²) in [5.74, 6) is -1.05. The van der Waals surface area contributed by atoms with Crippen LogP contribution in [0.5, 0.6) is 0 Å². The molecule has 0 saturated heterocycles. The van der Waals surface area contributed by atoms with Gasteiger partial charge in [0, 0.05) is 66.7 Å². The lowest BCUT2D eigenvalue weighted by molar-refractivity contribution is 0.173. The highest BCUT2D eigenvalue weighted by Gasteiger charge is 2.32. The van der Waals surface area contributed by atoms with Crippen LogP contribution in [0.1, 0.15) is 52.9 Å². The average molecular weight is 930 g/mol. The molecule has 6 rings (SSSR count). The van der Waals surface area contributed by atoms with Crippen molar-refractivity contribution in [1.29, 1.82) is 0 Å². The number of amides is 2. The summed E-state index contributed by atoms with van der Waals surface area (Å²) in [6, 6.07) is 16.5. The van der Waals surface area contributed by atoms with Crippen LogP contribution in [-0.2, 0) is 22.7 Å². The molecule has 0 saturated carbocycles. The Labute approximate surface area is 371 Å². The molecule has 0 aliphatic heterocycles. The molecule has 2 unspecified atom stereocenters. The van der Waals surface area contributed by atoms with E-state index in [1.165, 1.54) is 66.6 Å². The Hall–Kier alpha value is -5.56. The maximum Gasteiger partial charge on any atom is 0.404 e. The third-order valence-corrected chi connectivity index (χ3v) is 12.6. The number of nitrogens with one attached hydrogen (secondary N) is 2. The highest BCUT2D eigenvalue weighted by Crippen LogP contribution is 2.34. The Balaban J connectivity index is 0.000000235. The number of benzene rings is 2. The van der Waals surface area contributed by atoms with Crippen molar-refractivity contribution in [1.82, 2.24) is 40.2 Å². The Morgan fingerprint density at radius 3 is 1.68 bits per heavy atom. The van der Waals surface area contributed by atoms with Gasteiger partial charge in [-0.1, -0.05) is 76.5 Å². The monoisotopic (exact) mass is 928 g/mol. The summed E-state index contributed by atoms with van der Waals surface area (Å²) in [4.78, 5) is 31.3. The third kappa shape index (κ3) is 12.3. The molecule has 0 bridgehead atoms. The number of carbonyl (C=O) groups is 2. The summed E-state index contributed by atoms with van der Waals surface area (Å²) >= 11 is 14.0. The van der Waals surface area contributed by atoms with Gasteiger partial charge >= 0.3 is 12.2 Å². The minimum atomic E-state index is -4.10. The average Bonchev–Trinajstić information content (AvgIpc) is 3.80. The zero-order chi connectivity index (χ0) is 45.6. The summed E-state index contributed by atoms with van der Waals surface area (Å²) in [6.45, 7) is 11.4. The summed E-state index contributed by atoms with van der Waals surface area (Å²) in [7, 11) is -4.10. The Kier molecular flexibility index (Phi) is 15.1. The summed E-state index contributed by atoms with van der Waals surface area (Å²) in [5.41, 5.74) is 0.597. The van der Waals surface area contributed by atoms with Gasteiger partial charge in [0.25, 0.3) is 0 Å². The van der Waals surface area contributed by atoms with Gasteiger partial charge in [0.15, 0.2) is 5.03 Å². The van der Waals surface area contributed by atoms with Crippen LogP contribution in [0.3, 0.4) is 0 Å². The van der Waals surface area contributed by atoms with Crippen LogP contribution in [0.4, 0.5) is 18.4 Å². The molecule has 4 heterocycles. The number of aromatic nitrogens is 6. The molecule has 0 aliphatic rings. The van der Waals surface area contributed by atoms with Gasteiger partial charge in [-0.05, 0) is 71.5 Å². The van der Waals surface area contributed by atoms with E-state index in [0.29, 0.717) is 33.5 Å². The van der Waals surface area contributed by atoms with E-state index in [1.54, 1.807) is 17.1 Å². The molecule has 0 aliphatic carbocycles. The number of sulfone groups is 1. The molecule has 328 valence electrons. The van der Waals surface area contributed by atoms with Gasteiger partial charge < -0.3 is 20.8 Å². The minimum absolute atomic E-state index is 0.0406. The minimum Gasteiger partial charge on any atom is -0.465 e. The van der Waals surface area contributed by atoms with Crippen molar-refractivity contribution < 1.29 is 37.0 Å². The van der Waals surface area contributed by atoms with Crippen LogP contribution in [0.2, 0.25) is 10.0 Å². The van der Waals surface area contributed by atoms with Crippen LogP contribution in [0, 0.1) is 22.5 Å². The standard InChI is InChI=1S/C21H22ClFN4O4S.C21H22ClFN4O2S/c1-21(2,3)18(25-20(28)29)10-14-11-19(32(30,31)15-5-4-8-24-12-15)27(26-14)17-9-13(23)6-7-16(17)22;1-21(2,3)18(25-20(28)29)10-14-11-19(30-15-5-4-8-24-12-15)27(26-14)17-9-13(23)6-7-16(17)22/h4-9,11-12,18,25H,10H2,1-3H3,(H,28,29);4-9,11-12,18,25H,10H2,1-3H3,(H,28,29). The maximum absolute atomic E-state index is 14.0. The normalized spacial score (nSPS) is 12.8. The van der Waals surface area contributed by atoms with Gasteiger partial charge in [-0.15, -0.1) is 0 Å². The number of pyridine rings is 2. The molecule has 0 spiro atoms. The number of halogens is 4. The quantitative estimate of drug-likeness (QED) is 0.0913. The van der Waals surface area contributed by atoms with Crippen molar-refractivity contribution in [3.63, 3.8) is 0 Å². The second-order valence-electron chi connectivity index (χ2n) is 16.1. The topological polar surface area (TPSA) is 194 Å². The van der Waals surface area contributed by atoms with Gasteiger partial charge in [-0.3, -0.25) is 9.97 Å². The largest absolute Gasteiger partial charge is 0.465 e. The van der Waals surface area contributed by atoms with Crippen molar-refractivity contribution in [2.75, 3.05) is 0 Å². The van der Waals surface area contributed by atoms with Crippen molar-refractivity contribution >= 4 is 57.0 Å². The first-order chi connectivity index (χ1) is 29.0. The van der Waals surface area contributed by atoms with Crippen molar-refractivity contribution in [2.45, 2.75) is 86.3 Å². The van der Waals surface area contributed by atoms with E-state index in [4.69, 9.17) is 23.2 Å². The number of carboxylic acid groups (broad SMARTS) is 2. The van der Waals surface area contributed by atoms with Gasteiger partial charge in [0.05, 0.1) is 37.7 Å². The fraction of sp³-hybridized carbons (Fsp3) is 0.286. The zero-order valence-corrected chi connectivity index (χ0v) is 37.5. The molecule has 6 aromatic rings. The zero-order valence-electron chi connectivity index (χ0n) is 34.3. The molecule has 4 N–H and O–H groups in total. The molecule has 0 radical (unpaired) electrons. The van der Waals surface area contributed by atoms with Gasteiger partial charge in [-0.25, -0.2) is 36.2 Å². The second kappa shape index (κ2) is 19.7. The highest BCUT2D eigenvalue weighted by molar-refractivity contribution is 7.99. The number of hydrogen-bond donors (Lipinski definition) is 4.